The fourth-order valence-corrected chi connectivity index (χ4v) is 5.39. The Balaban J connectivity index is 1.41. The first-order valence-electron chi connectivity index (χ1n) is 10.9. The summed E-state index contributed by atoms with van der Waals surface area (Å²) in [5.74, 6) is 0.289. The van der Waals surface area contributed by atoms with Crippen LogP contribution in [0.4, 0.5) is 17.3 Å². The van der Waals surface area contributed by atoms with Crippen molar-refractivity contribution in [3.05, 3.63) is 72.6 Å². The second kappa shape index (κ2) is 8.78. The Hall–Kier alpha value is -3.94. The van der Waals surface area contributed by atoms with Gasteiger partial charge in [0, 0.05) is 54.8 Å². The Morgan fingerprint density at radius 2 is 2.00 bits per heavy atom. The van der Waals surface area contributed by atoms with Crippen molar-refractivity contribution >= 4 is 38.4 Å². The van der Waals surface area contributed by atoms with Gasteiger partial charge in [-0.25, -0.2) is 17.4 Å². The maximum absolute atomic E-state index is 13.2. The third-order valence-corrected chi connectivity index (χ3v) is 7.43. The number of anilines is 3. The van der Waals surface area contributed by atoms with Crippen LogP contribution in [0.25, 0.3) is 11.0 Å². The molecule has 0 aliphatic carbocycles. The highest BCUT2D eigenvalue weighted by atomic mass is 32.2. The molecule has 9 nitrogen and oxygen atoms in total. The molecule has 10 heteroatoms. The number of nitrogens with zero attached hydrogens (tertiary/aromatic N) is 5. The number of fused-ring (bicyclic) bond motifs is 1. The van der Waals surface area contributed by atoms with Gasteiger partial charge in [0.25, 0.3) is 10.0 Å². The largest absolute Gasteiger partial charge is 0.369 e. The third kappa shape index (κ3) is 4.19. The van der Waals surface area contributed by atoms with E-state index in [1.54, 1.807) is 24.4 Å². The van der Waals surface area contributed by atoms with E-state index in [2.05, 4.69) is 32.4 Å². The Bertz CT molecular complexity index is 1490. The SMILES string of the molecule is C[C@H]1CN(c2ccc(Nc3ncc4ccn(S(=O)(=O)c5cccc(C#N)c5)c4n3)cc2)CCN1. The predicted octanol–water partition coefficient (Wildman–Crippen LogP) is 3.08. The van der Waals surface area contributed by atoms with Gasteiger partial charge in [0.15, 0.2) is 5.65 Å². The first-order chi connectivity index (χ1) is 16.4. The Labute approximate surface area is 197 Å². The quantitative estimate of drug-likeness (QED) is 0.454. The van der Waals surface area contributed by atoms with Crippen molar-refractivity contribution < 1.29 is 8.42 Å². The molecule has 172 valence electrons. The first-order valence-corrected chi connectivity index (χ1v) is 12.3. The molecule has 2 aromatic carbocycles. The van der Waals surface area contributed by atoms with Gasteiger partial charge in [-0.3, -0.25) is 0 Å². The van der Waals surface area contributed by atoms with Crippen molar-refractivity contribution in [1.82, 2.24) is 19.3 Å². The van der Waals surface area contributed by atoms with Crippen molar-refractivity contribution in [1.29, 1.82) is 5.26 Å². The van der Waals surface area contributed by atoms with Crippen molar-refractivity contribution in [2.75, 3.05) is 29.9 Å². The van der Waals surface area contributed by atoms with Crippen LogP contribution in [-0.2, 0) is 10.0 Å². The second-order valence-electron chi connectivity index (χ2n) is 8.20. The lowest BCUT2D eigenvalue weighted by molar-refractivity contribution is 0.485. The zero-order valence-electron chi connectivity index (χ0n) is 18.5. The number of hydrogen-bond acceptors (Lipinski definition) is 8. The first kappa shape index (κ1) is 21.9. The maximum atomic E-state index is 13.2. The van der Waals surface area contributed by atoms with Crippen LogP contribution in [-0.4, -0.2) is 48.0 Å². The number of aromatic nitrogens is 3. The monoisotopic (exact) mass is 473 g/mol. The standard InChI is InChI=1S/C24H23N7O2S/c1-17-16-30(12-10-26-17)21-7-5-20(6-8-21)28-24-27-15-19-9-11-31(23(19)29-24)34(32,33)22-4-2-3-18(13-22)14-25/h2-9,11,13,15,17,26H,10,12,16H2,1H3,(H,27,28,29)/t17-/m0/s1. The molecular weight excluding hydrogens is 450 g/mol. The maximum Gasteiger partial charge on any atom is 0.269 e. The van der Waals surface area contributed by atoms with Gasteiger partial charge in [0.05, 0.1) is 16.5 Å². The van der Waals surface area contributed by atoms with E-state index in [0.717, 1.165) is 35.0 Å². The number of piperazine rings is 1. The molecule has 2 N–H and O–H groups in total. The van der Waals surface area contributed by atoms with Crippen LogP contribution < -0.4 is 15.5 Å². The average Bonchev–Trinajstić information content (AvgIpc) is 3.29. The molecule has 1 fully saturated rings. The summed E-state index contributed by atoms with van der Waals surface area (Å²) >= 11 is 0. The van der Waals surface area contributed by atoms with Gasteiger partial charge >= 0.3 is 0 Å². The minimum atomic E-state index is -3.93. The molecule has 2 aromatic heterocycles. The van der Waals surface area contributed by atoms with E-state index in [1.165, 1.54) is 18.3 Å². The highest BCUT2D eigenvalue weighted by Crippen LogP contribution is 2.24. The second-order valence-corrected chi connectivity index (χ2v) is 10.0. The molecule has 0 bridgehead atoms. The molecule has 4 aromatic rings. The average molecular weight is 474 g/mol. The Morgan fingerprint density at radius 1 is 1.18 bits per heavy atom. The minimum Gasteiger partial charge on any atom is -0.369 e. The van der Waals surface area contributed by atoms with Gasteiger partial charge in [0.1, 0.15) is 0 Å². The summed E-state index contributed by atoms with van der Waals surface area (Å²) in [6, 6.07) is 18.0. The van der Waals surface area contributed by atoms with E-state index in [4.69, 9.17) is 5.26 Å². The zero-order chi connectivity index (χ0) is 23.7. The van der Waals surface area contributed by atoms with Crippen LogP contribution in [0.2, 0.25) is 0 Å². The van der Waals surface area contributed by atoms with Crippen LogP contribution in [0.15, 0.2) is 71.9 Å². The Kier molecular flexibility index (Phi) is 5.65. The van der Waals surface area contributed by atoms with E-state index < -0.39 is 10.0 Å². The molecule has 3 heterocycles. The molecule has 1 saturated heterocycles. The van der Waals surface area contributed by atoms with Gasteiger partial charge in [-0.1, -0.05) is 6.07 Å². The fraction of sp³-hybridized carbons (Fsp3) is 0.208. The third-order valence-electron chi connectivity index (χ3n) is 5.77. The topological polar surface area (TPSA) is 116 Å². The molecule has 1 aliphatic heterocycles. The van der Waals surface area contributed by atoms with Gasteiger partial charge in [-0.2, -0.15) is 10.2 Å². The minimum absolute atomic E-state index is 0.0231. The van der Waals surface area contributed by atoms with E-state index in [9.17, 15) is 8.42 Å². The highest BCUT2D eigenvalue weighted by molar-refractivity contribution is 7.90. The molecule has 0 saturated carbocycles. The van der Waals surface area contributed by atoms with Crippen molar-refractivity contribution in [3.63, 3.8) is 0 Å². The van der Waals surface area contributed by atoms with E-state index in [-0.39, 0.29) is 22.1 Å². The van der Waals surface area contributed by atoms with Crippen molar-refractivity contribution in [2.24, 2.45) is 0 Å². The molecule has 1 aliphatic rings. The van der Waals surface area contributed by atoms with Crippen LogP contribution in [0.1, 0.15) is 12.5 Å². The summed E-state index contributed by atoms with van der Waals surface area (Å²) in [6.45, 7) is 5.04. The number of hydrogen-bond donors (Lipinski definition) is 2. The number of rotatable bonds is 5. The van der Waals surface area contributed by atoms with Crippen LogP contribution in [0.5, 0.6) is 0 Å². The molecule has 0 radical (unpaired) electrons. The van der Waals surface area contributed by atoms with Gasteiger partial charge in [-0.15, -0.1) is 0 Å². The molecule has 5 rings (SSSR count). The van der Waals surface area contributed by atoms with Crippen molar-refractivity contribution in [2.45, 2.75) is 17.9 Å². The van der Waals surface area contributed by atoms with Crippen LogP contribution in [0.3, 0.4) is 0 Å². The number of nitrogens with one attached hydrogen (secondary N) is 2. The smallest absolute Gasteiger partial charge is 0.269 e. The molecule has 34 heavy (non-hydrogen) atoms. The number of benzene rings is 2. The number of nitriles is 1. The van der Waals surface area contributed by atoms with E-state index in [1.807, 2.05) is 30.3 Å². The summed E-state index contributed by atoms with van der Waals surface area (Å²) in [5.41, 5.74) is 2.48. The zero-order valence-corrected chi connectivity index (χ0v) is 19.3. The predicted molar refractivity (Wildman–Crippen MR) is 131 cm³/mol. The summed E-state index contributed by atoms with van der Waals surface area (Å²) < 4.78 is 27.6. The molecule has 0 unspecified atom stereocenters. The van der Waals surface area contributed by atoms with Crippen molar-refractivity contribution in [3.8, 4) is 6.07 Å². The molecule has 0 spiro atoms. The molecular formula is C24H23N7O2S. The summed E-state index contributed by atoms with van der Waals surface area (Å²) in [5, 5.41) is 16.3. The lowest BCUT2D eigenvalue weighted by Gasteiger charge is -2.33. The van der Waals surface area contributed by atoms with Crippen LogP contribution >= 0.6 is 0 Å². The Morgan fingerprint density at radius 3 is 2.76 bits per heavy atom. The fourth-order valence-electron chi connectivity index (χ4n) is 4.04. The van der Waals surface area contributed by atoms with Gasteiger partial charge < -0.3 is 15.5 Å². The van der Waals surface area contributed by atoms with E-state index in [0.29, 0.717) is 11.4 Å². The van der Waals surface area contributed by atoms with E-state index >= 15 is 0 Å². The molecule has 1 atom stereocenters. The lowest BCUT2D eigenvalue weighted by Crippen LogP contribution is -2.49. The molecule has 0 amide bonds. The lowest BCUT2D eigenvalue weighted by atomic mass is 10.2. The van der Waals surface area contributed by atoms with Crippen LogP contribution in [0, 0.1) is 11.3 Å². The van der Waals surface area contributed by atoms with Gasteiger partial charge in [-0.05, 0) is 55.5 Å². The summed E-state index contributed by atoms with van der Waals surface area (Å²) in [6.07, 6.45) is 3.03. The summed E-state index contributed by atoms with van der Waals surface area (Å²) in [4.78, 5) is 11.2. The normalized spacial score (nSPS) is 16.4. The summed E-state index contributed by atoms with van der Waals surface area (Å²) in [7, 11) is -3.93. The van der Waals surface area contributed by atoms with Gasteiger partial charge in [0.2, 0.25) is 5.95 Å². The highest BCUT2D eigenvalue weighted by Gasteiger charge is 2.21.